The SMILES string of the molecule is CC(COC(C(=O)O)C(O)C(=O)O)OC(C(=O)O)C(O)C(=O)O. The van der Waals surface area contributed by atoms with Crippen LogP contribution in [-0.2, 0) is 28.7 Å². The van der Waals surface area contributed by atoms with Gasteiger partial charge in [0.1, 0.15) is 0 Å². The Morgan fingerprint density at radius 2 is 1.17 bits per heavy atom. The maximum absolute atomic E-state index is 10.8. The molecule has 0 radical (unpaired) electrons. The predicted octanol–water partition coefficient (Wildman–Crippen LogP) is -2.79. The van der Waals surface area contributed by atoms with E-state index in [4.69, 9.17) is 30.3 Å². The number of aliphatic hydroxyl groups is 2. The third kappa shape index (κ3) is 6.56. The smallest absolute Gasteiger partial charge is 0.336 e. The number of hydrogen-bond acceptors (Lipinski definition) is 8. The lowest BCUT2D eigenvalue weighted by Crippen LogP contribution is -2.46. The van der Waals surface area contributed by atoms with E-state index in [0.29, 0.717) is 0 Å². The van der Waals surface area contributed by atoms with E-state index in [1.807, 2.05) is 0 Å². The fraction of sp³-hybridized carbons (Fsp3) is 0.636. The molecule has 0 bridgehead atoms. The average molecular weight is 340 g/mol. The van der Waals surface area contributed by atoms with E-state index < -0.39 is 61.0 Å². The number of carbonyl (C=O) groups is 4. The first-order valence-corrected chi connectivity index (χ1v) is 6.03. The molecule has 0 amide bonds. The van der Waals surface area contributed by atoms with Crippen molar-refractivity contribution in [2.75, 3.05) is 6.61 Å². The summed E-state index contributed by atoms with van der Waals surface area (Å²) in [6.45, 7) is 0.480. The van der Waals surface area contributed by atoms with E-state index in [-0.39, 0.29) is 0 Å². The summed E-state index contributed by atoms with van der Waals surface area (Å²) in [6.07, 6.45) is -10.3. The van der Waals surface area contributed by atoms with Crippen molar-refractivity contribution >= 4 is 23.9 Å². The summed E-state index contributed by atoms with van der Waals surface area (Å²) in [5.74, 6) is -7.27. The van der Waals surface area contributed by atoms with Gasteiger partial charge in [-0.1, -0.05) is 0 Å². The van der Waals surface area contributed by atoms with Crippen LogP contribution < -0.4 is 0 Å². The van der Waals surface area contributed by atoms with Crippen molar-refractivity contribution < 1.29 is 59.3 Å². The van der Waals surface area contributed by atoms with Gasteiger partial charge in [0.05, 0.1) is 12.7 Å². The van der Waals surface area contributed by atoms with Gasteiger partial charge in [-0.05, 0) is 6.92 Å². The highest BCUT2D eigenvalue weighted by molar-refractivity contribution is 5.84. The molecule has 0 saturated carbocycles. The zero-order valence-corrected chi connectivity index (χ0v) is 11.7. The number of carboxylic acid groups (broad SMARTS) is 4. The summed E-state index contributed by atoms with van der Waals surface area (Å²) in [5.41, 5.74) is 0. The monoisotopic (exact) mass is 340 g/mol. The summed E-state index contributed by atoms with van der Waals surface area (Å²) in [6, 6.07) is 0. The van der Waals surface area contributed by atoms with Crippen molar-refractivity contribution in [2.45, 2.75) is 37.4 Å². The molecule has 0 aromatic carbocycles. The largest absolute Gasteiger partial charge is 0.479 e. The van der Waals surface area contributed by atoms with E-state index in [2.05, 4.69) is 4.74 Å². The van der Waals surface area contributed by atoms with Crippen LogP contribution in [-0.4, -0.2) is 91.6 Å². The topological polar surface area (TPSA) is 208 Å². The number of carboxylic acids is 4. The van der Waals surface area contributed by atoms with Crippen LogP contribution in [0.15, 0.2) is 0 Å². The van der Waals surface area contributed by atoms with Crippen LogP contribution in [0.1, 0.15) is 6.92 Å². The minimum absolute atomic E-state index is 0.683. The van der Waals surface area contributed by atoms with Crippen LogP contribution in [0.3, 0.4) is 0 Å². The molecule has 0 aliphatic heterocycles. The van der Waals surface area contributed by atoms with Crippen LogP contribution >= 0.6 is 0 Å². The van der Waals surface area contributed by atoms with Gasteiger partial charge in [-0.15, -0.1) is 0 Å². The van der Waals surface area contributed by atoms with Gasteiger partial charge in [-0.3, -0.25) is 0 Å². The van der Waals surface area contributed by atoms with Crippen molar-refractivity contribution in [3.05, 3.63) is 0 Å². The van der Waals surface area contributed by atoms with Crippen LogP contribution in [0.5, 0.6) is 0 Å². The number of rotatable bonds is 11. The Morgan fingerprint density at radius 1 is 0.783 bits per heavy atom. The second-order valence-electron chi connectivity index (χ2n) is 4.36. The molecule has 0 heterocycles. The first kappa shape index (κ1) is 20.7. The first-order chi connectivity index (χ1) is 10.5. The van der Waals surface area contributed by atoms with E-state index in [1.165, 1.54) is 0 Å². The quantitative estimate of drug-likeness (QED) is 0.225. The zero-order valence-electron chi connectivity index (χ0n) is 11.7. The molecule has 12 nitrogen and oxygen atoms in total. The van der Waals surface area contributed by atoms with Crippen molar-refractivity contribution in [1.29, 1.82) is 0 Å². The molecule has 0 saturated heterocycles. The van der Waals surface area contributed by atoms with Gasteiger partial charge in [0, 0.05) is 0 Å². The van der Waals surface area contributed by atoms with Gasteiger partial charge < -0.3 is 40.1 Å². The number of aliphatic hydroxyl groups excluding tert-OH is 2. The summed E-state index contributed by atoms with van der Waals surface area (Å²) >= 11 is 0. The summed E-state index contributed by atoms with van der Waals surface area (Å²) < 4.78 is 9.36. The van der Waals surface area contributed by atoms with Crippen LogP contribution in [0.4, 0.5) is 0 Å². The molecule has 5 unspecified atom stereocenters. The van der Waals surface area contributed by atoms with Crippen molar-refractivity contribution in [3.8, 4) is 0 Å². The molecular weight excluding hydrogens is 324 g/mol. The minimum atomic E-state index is -2.38. The average Bonchev–Trinajstić information content (AvgIpc) is 2.42. The minimum Gasteiger partial charge on any atom is -0.479 e. The lowest BCUT2D eigenvalue weighted by molar-refractivity contribution is -0.185. The highest BCUT2D eigenvalue weighted by Crippen LogP contribution is 2.08. The van der Waals surface area contributed by atoms with Gasteiger partial charge >= 0.3 is 23.9 Å². The van der Waals surface area contributed by atoms with Gasteiger partial charge in [0.15, 0.2) is 24.4 Å². The van der Waals surface area contributed by atoms with Crippen LogP contribution in [0.2, 0.25) is 0 Å². The van der Waals surface area contributed by atoms with E-state index >= 15 is 0 Å². The van der Waals surface area contributed by atoms with Crippen molar-refractivity contribution in [2.24, 2.45) is 0 Å². The van der Waals surface area contributed by atoms with Gasteiger partial charge in [-0.2, -0.15) is 0 Å². The van der Waals surface area contributed by atoms with E-state index in [1.54, 1.807) is 0 Å². The van der Waals surface area contributed by atoms with Gasteiger partial charge in [0.2, 0.25) is 0 Å². The highest BCUT2D eigenvalue weighted by atomic mass is 16.6. The Hall–Kier alpha value is -2.28. The van der Waals surface area contributed by atoms with E-state index in [9.17, 15) is 24.3 Å². The van der Waals surface area contributed by atoms with Gasteiger partial charge in [-0.25, -0.2) is 19.2 Å². The third-order valence-electron chi connectivity index (χ3n) is 2.46. The molecule has 0 aliphatic rings. The summed E-state index contributed by atoms with van der Waals surface area (Å²) in [4.78, 5) is 42.7. The Balaban J connectivity index is 4.76. The maximum atomic E-state index is 10.8. The molecule has 12 heteroatoms. The van der Waals surface area contributed by atoms with E-state index in [0.717, 1.165) is 6.92 Å². The van der Waals surface area contributed by atoms with Crippen LogP contribution in [0.25, 0.3) is 0 Å². The summed E-state index contributed by atoms with van der Waals surface area (Å²) in [7, 11) is 0. The molecule has 0 rings (SSSR count). The van der Waals surface area contributed by atoms with Crippen molar-refractivity contribution in [1.82, 2.24) is 0 Å². The second kappa shape index (κ2) is 8.99. The van der Waals surface area contributed by atoms with Gasteiger partial charge in [0.25, 0.3) is 0 Å². The molecule has 0 aromatic heterocycles. The molecule has 132 valence electrons. The molecule has 0 aromatic rings. The summed E-state index contributed by atoms with van der Waals surface area (Å²) in [5, 5.41) is 52.9. The predicted molar refractivity (Wildman–Crippen MR) is 66.6 cm³/mol. The molecule has 5 atom stereocenters. The third-order valence-corrected chi connectivity index (χ3v) is 2.46. The normalized spacial score (nSPS) is 17.5. The molecule has 0 fully saturated rings. The maximum Gasteiger partial charge on any atom is 0.336 e. The lowest BCUT2D eigenvalue weighted by atomic mass is 10.2. The number of aliphatic carboxylic acids is 4. The molecule has 6 N–H and O–H groups in total. The molecule has 23 heavy (non-hydrogen) atoms. The first-order valence-electron chi connectivity index (χ1n) is 6.03. The Bertz CT molecular complexity index is 460. The standard InChI is InChI=1S/C11H16O12/c1-3(23-7(11(20)21)5(13)9(16)17)2-22-6(10(18)19)4(12)8(14)15/h3-7,12-13H,2H2,1H3,(H,14,15)(H,16,17)(H,18,19)(H,20,21). The lowest BCUT2D eigenvalue weighted by Gasteiger charge is -2.23. The molecular formula is C11H16O12. The fourth-order valence-corrected chi connectivity index (χ4v) is 1.35. The Kier molecular flexibility index (Phi) is 8.10. The van der Waals surface area contributed by atoms with Crippen molar-refractivity contribution in [3.63, 3.8) is 0 Å². The molecule has 0 spiro atoms. The number of ether oxygens (including phenoxy) is 2. The highest BCUT2D eigenvalue weighted by Gasteiger charge is 2.36. The Morgan fingerprint density at radius 3 is 1.52 bits per heavy atom. The Labute approximate surface area is 128 Å². The fourth-order valence-electron chi connectivity index (χ4n) is 1.35. The second-order valence-corrected chi connectivity index (χ2v) is 4.36. The van der Waals surface area contributed by atoms with Crippen LogP contribution in [0, 0.1) is 0 Å². The molecule has 0 aliphatic carbocycles. The number of hydrogen-bond donors (Lipinski definition) is 6. The zero-order chi connectivity index (χ0) is 18.3.